The van der Waals surface area contributed by atoms with Crippen LogP contribution in [0.15, 0.2) is 36.4 Å². The fraction of sp³-hybridized carbons (Fsp3) is 0.435. The highest BCUT2D eigenvalue weighted by Crippen LogP contribution is 2.31. The van der Waals surface area contributed by atoms with E-state index >= 15 is 0 Å². The van der Waals surface area contributed by atoms with Crippen molar-refractivity contribution in [2.24, 2.45) is 0 Å². The van der Waals surface area contributed by atoms with Gasteiger partial charge in [0, 0.05) is 12.5 Å². The van der Waals surface area contributed by atoms with Crippen molar-refractivity contribution in [3.63, 3.8) is 0 Å². The predicted molar refractivity (Wildman–Crippen MR) is 108 cm³/mol. The van der Waals surface area contributed by atoms with E-state index in [1.807, 2.05) is 24.3 Å². The Bertz CT molecular complexity index is 809. The summed E-state index contributed by atoms with van der Waals surface area (Å²) in [6.45, 7) is 0. The predicted octanol–water partition coefficient (Wildman–Crippen LogP) is 4.85. The van der Waals surface area contributed by atoms with Gasteiger partial charge in [-0.25, -0.2) is 0 Å². The quantitative estimate of drug-likeness (QED) is 0.609. The highest BCUT2D eigenvalue weighted by Gasteiger charge is 2.18. The smallest absolute Gasteiger partial charge is 0.170 e. The maximum atomic E-state index is 12.9. The van der Waals surface area contributed by atoms with Gasteiger partial charge in [0.2, 0.25) is 0 Å². The summed E-state index contributed by atoms with van der Waals surface area (Å²) in [5, 5.41) is 0. The van der Waals surface area contributed by atoms with E-state index in [4.69, 9.17) is 18.9 Å². The van der Waals surface area contributed by atoms with Gasteiger partial charge in [0.15, 0.2) is 17.3 Å². The van der Waals surface area contributed by atoms with E-state index in [9.17, 15) is 4.79 Å². The number of carbonyl (C=O) groups is 1. The maximum Gasteiger partial charge on any atom is 0.170 e. The van der Waals surface area contributed by atoms with Crippen LogP contribution in [-0.4, -0.2) is 33.2 Å². The monoisotopic (exact) mass is 384 g/mol. The van der Waals surface area contributed by atoms with E-state index in [1.54, 1.807) is 33.5 Å². The molecule has 0 aliphatic heterocycles. The van der Waals surface area contributed by atoms with Crippen molar-refractivity contribution in [2.45, 2.75) is 44.6 Å². The van der Waals surface area contributed by atoms with E-state index in [0.29, 0.717) is 22.8 Å². The van der Waals surface area contributed by atoms with Gasteiger partial charge in [-0.2, -0.15) is 0 Å². The van der Waals surface area contributed by atoms with Crippen molar-refractivity contribution in [3.8, 4) is 23.0 Å². The Hall–Kier alpha value is -2.69. The highest BCUT2D eigenvalue weighted by molar-refractivity contribution is 6.00. The normalized spacial score (nSPS) is 14.4. The van der Waals surface area contributed by atoms with Gasteiger partial charge < -0.3 is 18.9 Å². The molecule has 150 valence electrons. The lowest BCUT2D eigenvalue weighted by molar-refractivity contribution is 0.0989. The number of benzene rings is 2. The molecule has 0 bridgehead atoms. The molecule has 2 aromatic carbocycles. The molecule has 0 spiro atoms. The first-order valence-corrected chi connectivity index (χ1v) is 9.73. The minimum Gasteiger partial charge on any atom is -0.496 e. The van der Waals surface area contributed by atoms with Crippen molar-refractivity contribution in [1.82, 2.24) is 0 Å². The lowest BCUT2D eigenvalue weighted by Crippen LogP contribution is -2.19. The minimum atomic E-state index is -0.0201. The van der Waals surface area contributed by atoms with E-state index in [2.05, 4.69) is 0 Å². The van der Waals surface area contributed by atoms with Crippen LogP contribution in [0.25, 0.3) is 0 Å². The summed E-state index contributed by atoms with van der Waals surface area (Å²) < 4.78 is 22.1. The highest BCUT2D eigenvalue weighted by atomic mass is 16.5. The van der Waals surface area contributed by atoms with E-state index in [1.165, 1.54) is 19.3 Å². The molecule has 3 rings (SSSR count). The molecule has 5 heteroatoms. The third-order valence-electron chi connectivity index (χ3n) is 5.14. The molecule has 1 saturated carbocycles. The van der Waals surface area contributed by atoms with Gasteiger partial charge in [0.1, 0.15) is 11.5 Å². The molecule has 5 nitrogen and oxygen atoms in total. The molecule has 0 unspecified atom stereocenters. The van der Waals surface area contributed by atoms with Crippen molar-refractivity contribution in [3.05, 3.63) is 47.5 Å². The molecule has 1 fully saturated rings. The fourth-order valence-electron chi connectivity index (χ4n) is 3.62. The average molecular weight is 384 g/mol. The Labute approximate surface area is 166 Å². The molecule has 2 aromatic rings. The zero-order chi connectivity index (χ0) is 19.9. The molecule has 1 aliphatic carbocycles. The summed E-state index contributed by atoms with van der Waals surface area (Å²) in [6.07, 6.45) is 6.39. The second-order valence-electron chi connectivity index (χ2n) is 7.03. The van der Waals surface area contributed by atoms with Gasteiger partial charge in [0.25, 0.3) is 0 Å². The molecule has 0 radical (unpaired) electrons. The van der Waals surface area contributed by atoms with Crippen LogP contribution in [0.5, 0.6) is 23.0 Å². The van der Waals surface area contributed by atoms with Crippen molar-refractivity contribution < 1.29 is 23.7 Å². The van der Waals surface area contributed by atoms with Crippen LogP contribution < -0.4 is 18.9 Å². The van der Waals surface area contributed by atoms with Crippen molar-refractivity contribution >= 4 is 5.78 Å². The molecule has 1 aliphatic rings. The molecule has 0 amide bonds. The van der Waals surface area contributed by atoms with Gasteiger partial charge in [-0.15, -0.1) is 0 Å². The van der Waals surface area contributed by atoms with Gasteiger partial charge >= 0.3 is 0 Å². The Morgan fingerprint density at radius 2 is 1.57 bits per heavy atom. The van der Waals surface area contributed by atoms with E-state index in [-0.39, 0.29) is 18.3 Å². The Balaban J connectivity index is 1.74. The number of rotatable bonds is 8. The summed E-state index contributed by atoms with van der Waals surface area (Å²) in [4.78, 5) is 12.9. The zero-order valence-electron chi connectivity index (χ0n) is 16.8. The topological polar surface area (TPSA) is 54.0 Å². The molecule has 0 aromatic heterocycles. The number of methoxy groups -OCH3 is 3. The minimum absolute atomic E-state index is 0.0201. The number of Topliss-reactive ketones (excluding diaryl/α,β-unsaturated/α-hetero) is 1. The van der Waals surface area contributed by atoms with E-state index < -0.39 is 0 Å². The van der Waals surface area contributed by atoms with Crippen LogP contribution in [0.3, 0.4) is 0 Å². The molecule has 0 N–H and O–H groups in total. The van der Waals surface area contributed by atoms with Crippen LogP contribution in [0, 0.1) is 0 Å². The van der Waals surface area contributed by atoms with Gasteiger partial charge in [0.05, 0.1) is 33.0 Å². The number of hydrogen-bond acceptors (Lipinski definition) is 5. The maximum absolute atomic E-state index is 12.9. The van der Waals surface area contributed by atoms with Crippen LogP contribution >= 0.6 is 0 Å². The third-order valence-corrected chi connectivity index (χ3v) is 5.14. The van der Waals surface area contributed by atoms with Crippen molar-refractivity contribution in [1.29, 1.82) is 0 Å². The van der Waals surface area contributed by atoms with Gasteiger partial charge in [-0.3, -0.25) is 4.79 Å². The summed E-state index contributed by atoms with van der Waals surface area (Å²) in [6, 6.07) is 11.0. The third kappa shape index (κ3) is 4.77. The van der Waals surface area contributed by atoms with Crippen LogP contribution in [0.4, 0.5) is 0 Å². The van der Waals surface area contributed by atoms with Crippen LogP contribution in [0.1, 0.15) is 48.0 Å². The van der Waals surface area contributed by atoms with Crippen LogP contribution in [0.2, 0.25) is 0 Å². The standard InChI is InChI=1S/C23H28O5/c1-25-21-12-9-16(14-23(21)27-3)13-20(24)19-11-10-18(15-22(19)26-2)28-17-7-5-4-6-8-17/h9-12,14-15,17H,4-8,13H2,1-3H3. The van der Waals surface area contributed by atoms with Gasteiger partial charge in [-0.05, 0) is 55.5 Å². The second-order valence-corrected chi connectivity index (χ2v) is 7.03. The first-order chi connectivity index (χ1) is 13.6. The second kappa shape index (κ2) is 9.49. The molecular formula is C23H28O5. The Kier molecular flexibility index (Phi) is 6.80. The summed E-state index contributed by atoms with van der Waals surface area (Å²) in [7, 11) is 4.74. The number of hydrogen-bond donors (Lipinski definition) is 0. The van der Waals surface area contributed by atoms with E-state index in [0.717, 1.165) is 24.2 Å². The average Bonchev–Trinajstić information content (AvgIpc) is 2.74. The first kappa shape index (κ1) is 20.1. The molecule has 0 atom stereocenters. The Morgan fingerprint density at radius 3 is 2.25 bits per heavy atom. The molecule has 0 heterocycles. The number of carbonyl (C=O) groups excluding carboxylic acids is 1. The molecular weight excluding hydrogens is 356 g/mol. The summed E-state index contributed by atoms with van der Waals surface area (Å²) in [5.74, 6) is 2.52. The lowest BCUT2D eigenvalue weighted by atomic mass is 9.97. The first-order valence-electron chi connectivity index (χ1n) is 9.73. The SMILES string of the molecule is COc1ccc(CC(=O)c2ccc(OC3CCCCC3)cc2OC)cc1OC. The molecule has 28 heavy (non-hydrogen) atoms. The molecule has 0 saturated heterocycles. The van der Waals surface area contributed by atoms with Crippen LogP contribution in [-0.2, 0) is 6.42 Å². The Morgan fingerprint density at radius 1 is 0.857 bits per heavy atom. The fourth-order valence-corrected chi connectivity index (χ4v) is 3.62. The number of ether oxygens (including phenoxy) is 4. The summed E-state index contributed by atoms with van der Waals surface area (Å²) in [5.41, 5.74) is 1.40. The summed E-state index contributed by atoms with van der Waals surface area (Å²) >= 11 is 0. The largest absolute Gasteiger partial charge is 0.496 e. The lowest BCUT2D eigenvalue weighted by Gasteiger charge is -2.23. The number of ketones is 1. The van der Waals surface area contributed by atoms with Gasteiger partial charge in [-0.1, -0.05) is 12.5 Å². The van der Waals surface area contributed by atoms with Crippen molar-refractivity contribution in [2.75, 3.05) is 21.3 Å². The zero-order valence-corrected chi connectivity index (χ0v) is 16.8.